The van der Waals surface area contributed by atoms with E-state index < -0.39 is 35.9 Å². The molecular weight excluding hydrogens is 538 g/mol. The standard InChI is InChI=1S/C26H21Cl2FN4O5/c1-26(13-37-24(35)16-10-6-3-7-11-16)17(12-36-23(34)15-8-4-2-5-9-15)38-22(19(26)29)33-14-30-18-20(27)31-25(28)32-21(18)33/h2-11,14,17,19,22H,12-13H2,1H3/t17-,19-,22-,26-/m1/s1. The maximum atomic E-state index is 16.3. The van der Waals surface area contributed by atoms with Crippen LogP contribution in [0.5, 0.6) is 0 Å². The number of rotatable bonds is 7. The molecule has 0 amide bonds. The first-order chi connectivity index (χ1) is 18.3. The Bertz CT molecular complexity index is 1470. The third kappa shape index (κ3) is 4.94. The third-order valence-electron chi connectivity index (χ3n) is 6.44. The lowest BCUT2D eigenvalue weighted by atomic mass is 9.82. The van der Waals surface area contributed by atoms with Crippen LogP contribution in [0.4, 0.5) is 4.39 Å². The largest absolute Gasteiger partial charge is 0.461 e. The van der Waals surface area contributed by atoms with Gasteiger partial charge in [0, 0.05) is 0 Å². The molecule has 4 atom stereocenters. The fourth-order valence-corrected chi connectivity index (χ4v) is 4.66. The Morgan fingerprint density at radius 3 is 2.24 bits per heavy atom. The van der Waals surface area contributed by atoms with Crippen LogP contribution < -0.4 is 0 Å². The summed E-state index contributed by atoms with van der Waals surface area (Å²) in [6.45, 7) is 0.910. The fourth-order valence-electron chi connectivity index (χ4n) is 4.24. The van der Waals surface area contributed by atoms with Gasteiger partial charge in [-0.15, -0.1) is 0 Å². The second-order valence-electron chi connectivity index (χ2n) is 8.94. The number of halogens is 3. The molecule has 0 N–H and O–H groups in total. The van der Waals surface area contributed by atoms with Crippen molar-refractivity contribution in [2.75, 3.05) is 13.2 Å². The molecule has 0 aliphatic carbocycles. The number of nitrogens with zero attached hydrogens (tertiary/aromatic N) is 4. The van der Waals surface area contributed by atoms with Crippen molar-refractivity contribution in [3.8, 4) is 0 Å². The molecule has 1 aliphatic rings. The quantitative estimate of drug-likeness (QED) is 0.175. The molecule has 0 unspecified atom stereocenters. The Morgan fingerprint density at radius 1 is 1.00 bits per heavy atom. The molecular formula is C26H21Cl2FN4O5. The zero-order valence-electron chi connectivity index (χ0n) is 20.0. The van der Waals surface area contributed by atoms with Gasteiger partial charge in [0.1, 0.15) is 24.8 Å². The van der Waals surface area contributed by atoms with E-state index in [9.17, 15) is 9.59 Å². The van der Waals surface area contributed by atoms with Crippen LogP contribution in [0, 0.1) is 5.41 Å². The smallest absolute Gasteiger partial charge is 0.338 e. The Hall–Kier alpha value is -3.60. The van der Waals surface area contributed by atoms with Crippen molar-refractivity contribution < 1.29 is 28.2 Å². The van der Waals surface area contributed by atoms with Gasteiger partial charge in [0.2, 0.25) is 5.28 Å². The Kier molecular flexibility index (Phi) is 7.29. The van der Waals surface area contributed by atoms with Crippen LogP contribution in [0.25, 0.3) is 11.2 Å². The molecule has 3 heterocycles. The molecule has 0 spiro atoms. The van der Waals surface area contributed by atoms with Crippen LogP contribution in [0.15, 0.2) is 67.0 Å². The van der Waals surface area contributed by atoms with E-state index in [2.05, 4.69) is 15.0 Å². The SMILES string of the molecule is C[C@]1(COC(=O)c2ccccc2)[C@H](F)[C@H](n2cnc3c(Cl)nc(Cl)nc32)O[C@@H]1COC(=O)c1ccccc1. The first-order valence-electron chi connectivity index (χ1n) is 11.6. The van der Waals surface area contributed by atoms with E-state index in [1.54, 1.807) is 67.6 Å². The molecule has 38 heavy (non-hydrogen) atoms. The summed E-state index contributed by atoms with van der Waals surface area (Å²) in [5.41, 5.74) is -0.395. The van der Waals surface area contributed by atoms with Gasteiger partial charge in [0.25, 0.3) is 0 Å². The number of carbonyl (C=O) groups excluding carboxylic acids is 2. The summed E-state index contributed by atoms with van der Waals surface area (Å²) in [6, 6.07) is 16.7. The van der Waals surface area contributed by atoms with E-state index in [-0.39, 0.29) is 34.8 Å². The van der Waals surface area contributed by atoms with Crippen LogP contribution in [-0.2, 0) is 14.2 Å². The zero-order chi connectivity index (χ0) is 26.9. The molecule has 1 saturated heterocycles. The molecule has 2 aromatic heterocycles. The number of aromatic nitrogens is 4. The van der Waals surface area contributed by atoms with E-state index in [1.165, 1.54) is 10.9 Å². The number of imidazole rings is 1. The molecule has 2 aromatic carbocycles. The van der Waals surface area contributed by atoms with Crippen LogP contribution >= 0.6 is 23.2 Å². The first-order valence-corrected chi connectivity index (χ1v) is 12.3. The molecule has 5 rings (SSSR count). The number of carbonyl (C=O) groups is 2. The van der Waals surface area contributed by atoms with Gasteiger partial charge in [-0.05, 0) is 35.9 Å². The highest BCUT2D eigenvalue weighted by Crippen LogP contribution is 2.47. The summed E-state index contributed by atoms with van der Waals surface area (Å²) in [7, 11) is 0. The number of alkyl halides is 1. The second-order valence-corrected chi connectivity index (χ2v) is 9.63. The molecule has 0 radical (unpaired) electrons. The molecule has 1 aliphatic heterocycles. The Balaban J connectivity index is 1.42. The number of benzene rings is 2. The molecule has 9 nitrogen and oxygen atoms in total. The van der Waals surface area contributed by atoms with Gasteiger partial charge in [-0.25, -0.2) is 23.9 Å². The van der Waals surface area contributed by atoms with Crippen molar-refractivity contribution in [2.45, 2.75) is 25.4 Å². The Morgan fingerprint density at radius 2 is 1.61 bits per heavy atom. The molecule has 12 heteroatoms. The predicted octanol–water partition coefficient (Wildman–Crippen LogP) is 5.09. The fraction of sp³-hybridized carbons (Fsp3) is 0.269. The van der Waals surface area contributed by atoms with Gasteiger partial charge in [0.15, 0.2) is 23.2 Å². The highest BCUT2D eigenvalue weighted by Gasteiger charge is 2.56. The van der Waals surface area contributed by atoms with E-state index in [0.717, 1.165) is 0 Å². The highest BCUT2D eigenvalue weighted by atomic mass is 35.5. The lowest BCUT2D eigenvalue weighted by Crippen LogP contribution is -2.43. The minimum absolute atomic E-state index is 0.0000455. The molecule has 196 valence electrons. The van der Waals surface area contributed by atoms with Crippen LogP contribution in [-0.4, -0.2) is 56.9 Å². The minimum Gasteiger partial charge on any atom is -0.461 e. The topological polar surface area (TPSA) is 105 Å². The summed E-state index contributed by atoms with van der Waals surface area (Å²) < 4.78 is 34.7. The minimum atomic E-state index is -1.74. The number of hydrogen-bond acceptors (Lipinski definition) is 8. The number of ether oxygens (including phenoxy) is 3. The first kappa shape index (κ1) is 26.0. The average Bonchev–Trinajstić information content (AvgIpc) is 3.45. The summed E-state index contributed by atoms with van der Waals surface area (Å²) in [5, 5.41) is -0.148. The van der Waals surface area contributed by atoms with Gasteiger partial charge in [-0.3, -0.25) is 4.57 Å². The summed E-state index contributed by atoms with van der Waals surface area (Å²) in [5.74, 6) is -1.22. The van der Waals surface area contributed by atoms with Crippen molar-refractivity contribution >= 4 is 46.3 Å². The predicted molar refractivity (Wildman–Crippen MR) is 136 cm³/mol. The monoisotopic (exact) mass is 558 g/mol. The van der Waals surface area contributed by atoms with E-state index in [1.807, 2.05) is 0 Å². The van der Waals surface area contributed by atoms with Crippen molar-refractivity contribution in [3.05, 3.63) is 88.6 Å². The number of esters is 2. The normalized spacial score (nSPS) is 22.9. The van der Waals surface area contributed by atoms with Crippen molar-refractivity contribution in [3.63, 3.8) is 0 Å². The second kappa shape index (κ2) is 10.6. The number of fused-ring (bicyclic) bond motifs is 1. The lowest BCUT2D eigenvalue weighted by Gasteiger charge is -2.30. The van der Waals surface area contributed by atoms with Crippen LogP contribution in [0.3, 0.4) is 0 Å². The van der Waals surface area contributed by atoms with E-state index >= 15 is 4.39 Å². The molecule has 1 fully saturated rings. The van der Waals surface area contributed by atoms with E-state index in [0.29, 0.717) is 11.1 Å². The van der Waals surface area contributed by atoms with Crippen molar-refractivity contribution in [1.29, 1.82) is 0 Å². The van der Waals surface area contributed by atoms with Crippen LogP contribution in [0.2, 0.25) is 10.4 Å². The lowest BCUT2D eigenvalue weighted by molar-refractivity contribution is -0.0615. The highest BCUT2D eigenvalue weighted by molar-refractivity contribution is 6.35. The van der Waals surface area contributed by atoms with E-state index in [4.69, 9.17) is 37.4 Å². The summed E-state index contributed by atoms with van der Waals surface area (Å²) in [4.78, 5) is 37.4. The summed E-state index contributed by atoms with van der Waals surface area (Å²) in [6.07, 6.45) is -2.68. The number of hydrogen-bond donors (Lipinski definition) is 0. The third-order valence-corrected chi connectivity index (χ3v) is 6.88. The maximum absolute atomic E-state index is 16.3. The van der Waals surface area contributed by atoms with Gasteiger partial charge in [-0.1, -0.05) is 54.9 Å². The van der Waals surface area contributed by atoms with Gasteiger partial charge in [0.05, 0.1) is 22.9 Å². The van der Waals surface area contributed by atoms with Gasteiger partial charge >= 0.3 is 11.9 Å². The Labute approximate surface area is 226 Å². The molecule has 0 bridgehead atoms. The zero-order valence-corrected chi connectivity index (χ0v) is 21.5. The summed E-state index contributed by atoms with van der Waals surface area (Å²) >= 11 is 12.1. The van der Waals surface area contributed by atoms with Gasteiger partial charge in [-0.2, -0.15) is 4.98 Å². The molecule has 0 saturated carbocycles. The molecule has 4 aromatic rings. The van der Waals surface area contributed by atoms with Gasteiger partial charge < -0.3 is 14.2 Å². The van der Waals surface area contributed by atoms with Crippen LogP contribution in [0.1, 0.15) is 33.9 Å². The van der Waals surface area contributed by atoms with Crippen molar-refractivity contribution in [2.24, 2.45) is 5.41 Å². The average molecular weight is 559 g/mol. The maximum Gasteiger partial charge on any atom is 0.338 e. The van der Waals surface area contributed by atoms with Crippen molar-refractivity contribution in [1.82, 2.24) is 19.5 Å².